The van der Waals surface area contributed by atoms with Gasteiger partial charge in [0, 0.05) is 7.11 Å². The Morgan fingerprint density at radius 1 is 1.47 bits per heavy atom. The van der Waals surface area contributed by atoms with Gasteiger partial charge >= 0.3 is 6.09 Å². The molecule has 0 spiro atoms. The summed E-state index contributed by atoms with van der Waals surface area (Å²) in [5.74, 6) is 0. The predicted octanol–water partition coefficient (Wildman–Crippen LogP) is 1.39. The first-order valence-electron chi connectivity index (χ1n) is 5.95. The number of aliphatic hydroxyl groups is 1. The molecule has 0 bridgehead atoms. The molecule has 1 heterocycles. The zero-order chi connectivity index (χ0) is 13.2. The molecule has 1 amide bonds. The topological polar surface area (TPSA) is 59.0 Å². The molecule has 0 aliphatic carbocycles. The molecule has 5 heteroatoms. The Hall–Kier alpha value is -0.810. The van der Waals surface area contributed by atoms with Gasteiger partial charge in [0.1, 0.15) is 5.60 Å². The highest BCUT2D eigenvalue weighted by Crippen LogP contribution is 2.24. The van der Waals surface area contributed by atoms with Gasteiger partial charge in [0.2, 0.25) is 0 Å². The van der Waals surface area contributed by atoms with Gasteiger partial charge in [-0.25, -0.2) is 4.79 Å². The molecule has 0 saturated carbocycles. The SMILES string of the molecule is CO[C@@H]1CC(C(C)O)N(C(=O)OC(C)(C)C)C1. The highest BCUT2D eigenvalue weighted by Gasteiger charge is 2.39. The van der Waals surface area contributed by atoms with E-state index in [9.17, 15) is 9.90 Å². The minimum Gasteiger partial charge on any atom is -0.444 e. The van der Waals surface area contributed by atoms with Gasteiger partial charge in [-0.3, -0.25) is 4.90 Å². The molecule has 1 aliphatic rings. The maximum Gasteiger partial charge on any atom is 0.410 e. The first kappa shape index (κ1) is 14.3. The lowest BCUT2D eigenvalue weighted by Gasteiger charge is -2.29. The molecule has 17 heavy (non-hydrogen) atoms. The summed E-state index contributed by atoms with van der Waals surface area (Å²) in [5, 5.41) is 9.68. The normalized spacial score (nSPS) is 27.1. The maximum absolute atomic E-state index is 12.0. The number of methoxy groups -OCH3 is 1. The Kier molecular flexibility index (Phi) is 4.38. The standard InChI is InChI=1S/C12H23NO4/c1-8(14)10-6-9(16-5)7-13(10)11(15)17-12(2,3)4/h8-10,14H,6-7H2,1-5H3/t8?,9-,10?/m1/s1. The van der Waals surface area contributed by atoms with Gasteiger partial charge in [-0.15, -0.1) is 0 Å². The summed E-state index contributed by atoms with van der Waals surface area (Å²) in [7, 11) is 1.61. The van der Waals surface area contributed by atoms with Crippen LogP contribution in [0.3, 0.4) is 0 Å². The number of hydrogen-bond acceptors (Lipinski definition) is 4. The number of aliphatic hydroxyl groups excluding tert-OH is 1. The third kappa shape index (κ3) is 3.85. The van der Waals surface area contributed by atoms with E-state index in [-0.39, 0.29) is 18.2 Å². The van der Waals surface area contributed by atoms with Crippen LogP contribution in [0.25, 0.3) is 0 Å². The van der Waals surface area contributed by atoms with E-state index in [2.05, 4.69) is 0 Å². The van der Waals surface area contributed by atoms with Gasteiger partial charge in [-0.1, -0.05) is 0 Å². The molecule has 1 N–H and O–H groups in total. The zero-order valence-corrected chi connectivity index (χ0v) is 11.3. The predicted molar refractivity (Wildman–Crippen MR) is 63.8 cm³/mol. The Morgan fingerprint density at radius 2 is 2.06 bits per heavy atom. The quantitative estimate of drug-likeness (QED) is 0.798. The fourth-order valence-electron chi connectivity index (χ4n) is 1.98. The first-order valence-corrected chi connectivity index (χ1v) is 5.95. The highest BCUT2D eigenvalue weighted by molar-refractivity contribution is 5.69. The largest absolute Gasteiger partial charge is 0.444 e. The van der Waals surface area contributed by atoms with E-state index < -0.39 is 11.7 Å². The summed E-state index contributed by atoms with van der Waals surface area (Å²) in [6.07, 6.45) is -0.347. The summed E-state index contributed by atoms with van der Waals surface area (Å²) >= 11 is 0. The van der Waals surface area contributed by atoms with Crippen LogP contribution in [0.5, 0.6) is 0 Å². The molecule has 3 atom stereocenters. The summed E-state index contributed by atoms with van der Waals surface area (Å²) in [4.78, 5) is 13.5. The third-order valence-electron chi connectivity index (χ3n) is 2.82. The number of nitrogens with zero attached hydrogens (tertiary/aromatic N) is 1. The maximum atomic E-state index is 12.0. The Morgan fingerprint density at radius 3 is 2.47 bits per heavy atom. The van der Waals surface area contributed by atoms with Gasteiger partial charge in [0.15, 0.2) is 0 Å². The lowest BCUT2D eigenvalue weighted by atomic mass is 10.1. The van der Waals surface area contributed by atoms with E-state index in [0.717, 1.165) is 0 Å². The molecule has 0 radical (unpaired) electrons. The fourth-order valence-corrected chi connectivity index (χ4v) is 1.98. The lowest BCUT2D eigenvalue weighted by Crippen LogP contribution is -2.44. The molecule has 1 saturated heterocycles. The molecule has 1 fully saturated rings. The van der Waals surface area contributed by atoms with Gasteiger partial charge < -0.3 is 14.6 Å². The van der Waals surface area contributed by atoms with Crippen LogP contribution in [0, 0.1) is 0 Å². The van der Waals surface area contributed by atoms with Gasteiger partial charge in [0.05, 0.1) is 24.8 Å². The molecular weight excluding hydrogens is 222 g/mol. The molecule has 0 aromatic rings. The van der Waals surface area contributed by atoms with Crippen molar-refractivity contribution in [3.8, 4) is 0 Å². The van der Waals surface area contributed by atoms with E-state index in [1.807, 2.05) is 20.8 Å². The summed E-state index contributed by atoms with van der Waals surface area (Å²) in [6, 6.07) is -0.227. The van der Waals surface area contributed by atoms with Crippen LogP contribution >= 0.6 is 0 Å². The molecule has 2 unspecified atom stereocenters. The molecular formula is C12H23NO4. The molecule has 100 valence electrons. The van der Waals surface area contributed by atoms with Crippen molar-refractivity contribution in [2.24, 2.45) is 0 Å². The van der Waals surface area contributed by atoms with E-state index >= 15 is 0 Å². The molecule has 0 aromatic carbocycles. The van der Waals surface area contributed by atoms with Crippen molar-refractivity contribution < 1.29 is 19.4 Å². The van der Waals surface area contributed by atoms with E-state index in [0.29, 0.717) is 13.0 Å². The third-order valence-corrected chi connectivity index (χ3v) is 2.82. The van der Waals surface area contributed by atoms with Crippen LogP contribution in [0.1, 0.15) is 34.1 Å². The Balaban J connectivity index is 2.70. The Labute approximate surface area is 103 Å². The number of ether oxygens (including phenoxy) is 2. The van der Waals surface area contributed by atoms with Crippen molar-refractivity contribution >= 4 is 6.09 Å². The summed E-state index contributed by atoms with van der Waals surface area (Å²) in [6.45, 7) is 7.63. The minimum absolute atomic E-state index is 0.0258. The zero-order valence-electron chi connectivity index (χ0n) is 11.3. The van der Waals surface area contributed by atoms with E-state index in [4.69, 9.17) is 9.47 Å². The first-order chi connectivity index (χ1) is 7.74. The fraction of sp³-hybridized carbons (Fsp3) is 0.917. The van der Waals surface area contributed by atoms with Crippen LogP contribution in [-0.4, -0.2) is 53.6 Å². The molecule has 0 aromatic heterocycles. The van der Waals surface area contributed by atoms with Gasteiger partial charge in [-0.2, -0.15) is 0 Å². The second kappa shape index (κ2) is 5.23. The average Bonchev–Trinajstić information content (AvgIpc) is 2.58. The van der Waals surface area contributed by atoms with Crippen molar-refractivity contribution in [3.05, 3.63) is 0 Å². The van der Waals surface area contributed by atoms with Crippen LogP contribution < -0.4 is 0 Å². The van der Waals surface area contributed by atoms with Crippen LogP contribution in [0.15, 0.2) is 0 Å². The summed E-state index contributed by atoms with van der Waals surface area (Å²) < 4.78 is 10.6. The number of likely N-dealkylation sites (tertiary alicyclic amines) is 1. The van der Waals surface area contributed by atoms with Crippen LogP contribution in [0.4, 0.5) is 4.79 Å². The number of carbonyl (C=O) groups is 1. The highest BCUT2D eigenvalue weighted by atomic mass is 16.6. The monoisotopic (exact) mass is 245 g/mol. The number of rotatable bonds is 2. The second-order valence-electron chi connectivity index (χ2n) is 5.53. The van der Waals surface area contributed by atoms with Crippen molar-refractivity contribution in [1.82, 2.24) is 4.90 Å². The smallest absolute Gasteiger partial charge is 0.410 e. The molecule has 1 rings (SSSR count). The van der Waals surface area contributed by atoms with Crippen molar-refractivity contribution in [2.45, 2.75) is 58.0 Å². The molecule has 5 nitrogen and oxygen atoms in total. The van der Waals surface area contributed by atoms with Gasteiger partial charge in [0.25, 0.3) is 0 Å². The Bertz CT molecular complexity index is 272. The second-order valence-corrected chi connectivity index (χ2v) is 5.53. The lowest BCUT2D eigenvalue weighted by molar-refractivity contribution is 0.00695. The van der Waals surface area contributed by atoms with E-state index in [1.54, 1.807) is 18.9 Å². The molecule has 1 aliphatic heterocycles. The van der Waals surface area contributed by atoms with E-state index in [1.165, 1.54) is 0 Å². The number of hydrogen-bond donors (Lipinski definition) is 1. The minimum atomic E-state index is -0.581. The number of amides is 1. The average molecular weight is 245 g/mol. The number of carbonyl (C=O) groups excluding carboxylic acids is 1. The van der Waals surface area contributed by atoms with Crippen LogP contribution in [0.2, 0.25) is 0 Å². The van der Waals surface area contributed by atoms with Crippen molar-refractivity contribution in [2.75, 3.05) is 13.7 Å². The van der Waals surface area contributed by atoms with Crippen LogP contribution in [-0.2, 0) is 9.47 Å². The van der Waals surface area contributed by atoms with Crippen molar-refractivity contribution in [1.29, 1.82) is 0 Å². The summed E-state index contributed by atoms with van der Waals surface area (Å²) in [5.41, 5.74) is -0.522. The van der Waals surface area contributed by atoms with Crippen molar-refractivity contribution in [3.63, 3.8) is 0 Å². The van der Waals surface area contributed by atoms with Gasteiger partial charge in [-0.05, 0) is 34.1 Å².